The molecule has 1 saturated heterocycles. The number of nitrogens with one attached hydrogen (secondary N) is 1. The number of amides is 1. The minimum Gasteiger partial charge on any atom is -0.447 e. The van der Waals surface area contributed by atoms with E-state index < -0.39 is 8.07 Å². The molecule has 1 aliphatic rings. The monoisotopic (exact) mass is 390 g/mol. The fraction of sp³-hybridized carbons (Fsp3) is 0.500. The highest BCUT2D eigenvalue weighted by molar-refractivity contribution is 7.16. The third kappa shape index (κ3) is 5.36. The van der Waals surface area contributed by atoms with Crippen LogP contribution in [0.15, 0.2) is 16.8 Å². The van der Waals surface area contributed by atoms with Crippen LogP contribution in [0, 0.1) is 0 Å². The van der Waals surface area contributed by atoms with Crippen LogP contribution in [0.3, 0.4) is 0 Å². The zero-order valence-corrected chi connectivity index (χ0v) is 17.4. The molecule has 0 unspecified atom stereocenters. The van der Waals surface area contributed by atoms with Gasteiger partial charge in [-0.05, 0) is 32.0 Å². The van der Waals surface area contributed by atoms with Crippen molar-refractivity contribution < 1.29 is 9.21 Å². The summed E-state index contributed by atoms with van der Waals surface area (Å²) in [6.07, 6.45) is 11.0. The Morgan fingerprint density at radius 3 is 2.69 bits per heavy atom. The molecule has 8 heteroatoms. The summed E-state index contributed by atoms with van der Waals surface area (Å²) in [7, 11) is -1.48. The maximum atomic E-state index is 12.1. The second-order valence-electron chi connectivity index (χ2n) is 7.60. The average molecular weight is 391 g/mol. The SMILES string of the molecule is C[Si](C)(C)c1cnc(/C=C/c2cnc(NC(=O)CN3CCCCC3)s2)o1. The predicted molar refractivity (Wildman–Crippen MR) is 109 cm³/mol. The van der Waals surface area contributed by atoms with Crippen LogP contribution in [0.25, 0.3) is 12.2 Å². The first-order valence-corrected chi connectivity index (χ1v) is 13.3. The smallest absolute Gasteiger partial charge is 0.240 e. The lowest BCUT2D eigenvalue weighted by Gasteiger charge is -2.25. The first kappa shape index (κ1) is 19.0. The quantitative estimate of drug-likeness (QED) is 0.767. The summed E-state index contributed by atoms with van der Waals surface area (Å²) < 4.78 is 5.80. The molecule has 0 bridgehead atoms. The highest BCUT2D eigenvalue weighted by Gasteiger charge is 2.21. The van der Waals surface area contributed by atoms with Crippen molar-refractivity contribution in [2.24, 2.45) is 0 Å². The molecule has 1 fully saturated rings. The molecule has 3 heterocycles. The molecule has 0 radical (unpaired) electrons. The number of aromatic nitrogens is 2. The Kier molecular flexibility index (Phi) is 6.05. The van der Waals surface area contributed by atoms with E-state index in [1.807, 2.05) is 18.3 Å². The first-order chi connectivity index (χ1) is 12.4. The van der Waals surface area contributed by atoms with Crippen LogP contribution in [-0.4, -0.2) is 48.5 Å². The third-order valence-corrected chi connectivity index (χ3v) is 6.83. The molecular formula is C18H26N4O2SSi. The number of hydrogen-bond acceptors (Lipinski definition) is 6. The molecule has 3 rings (SSSR count). The molecule has 0 saturated carbocycles. The van der Waals surface area contributed by atoms with Gasteiger partial charge in [0, 0.05) is 17.2 Å². The van der Waals surface area contributed by atoms with Gasteiger partial charge >= 0.3 is 0 Å². The van der Waals surface area contributed by atoms with E-state index in [-0.39, 0.29) is 5.91 Å². The first-order valence-electron chi connectivity index (χ1n) is 9.02. The van der Waals surface area contributed by atoms with Gasteiger partial charge in [0.05, 0.1) is 12.7 Å². The van der Waals surface area contributed by atoms with E-state index in [9.17, 15) is 4.79 Å². The van der Waals surface area contributed by atoms with Crippen molar-refractivity contribution in [3.05, 3.63) is 23.2 Å². The number of carbonyl (C=O) groups excluding carboxylic acids is 1. The summed E-state index contributed by atoms with van der Waals surface area (Å²) >= 11 is 1.45. The summed E-state index contributed by atoms with van der Waals surface area (Å²) in [6, 6.07) is 0. The van der Waals surface area contributed by atoms with Gasteiger partial charge in [-0.1, -0.05) is 37.4 Å². The molecule has 0 aliphatic carbocycles. The maximum Gasteiger partial charge on any atom is 0.240 e. The van der Waals surface area contributed by atoms with Gasteiger partial charge in [-0.2, -0.15) is 0 Å². The van der Waals surface area contributed by atoms with Crippen molar-refractivity contribution in [1.29, 1.82) is 0 Å². The molecule has 2 aromatic heterocycles. The maximum absolute atomic E-state index is 12.1. The van der Waals surface area contributed by atoms with Gasteiger partial charge in [-0.15, -0.1) is 0 Å². The Balaban J connectivity index is 1.54. The summed E-state index contributed by atoms with van der Waals surface area (Å²) in [5.41, 5.74) is 0. The molecule has 6 nitrogen and oxygen atoms in total. The van der Waals surface area contributed by atoms with E-state index in [1.165, 1.54) is 30.6 Å². The number of piperidine rings is 1. The van der Waals surface area contributed by atoms with Crippen LogP contribution >= 0.6 is 11.3 Å². The van der Waals surface area contributed by atoms with E-state index in [4.69, 9.17) is 4.42 Å². The zero-order chi connectivity index (χ0) is 18.6. The molecule has 1 N–H and O–H groups in total. The van der Waals surface area contributed by atoms with Crippen LogP contribution in [0.2, 0.25) is 19.6 Å². The fourth-order valence-electron chi connectivity index (χ4n) is 2.77. The van der Waals surface area contributed by atoms with Crippen LogP contribution in [0.1, 0.15) is 30.0 Å². The topological polar surface area (TPSA) is 71.3 Å². The predicted octanol–water partition coefficient (Wildman–Crippen LogP) is 3.27. The Hall–Kier alpha value is -1.77. The van der Waals surface area contributed by atoms with Crippen molar-refractivity contribution in [2.45, 2.75) is 38.9 Å². The minimum absolute atomic E-state index is 0.00394. The second-order valence-corrected chi connectivity index (χ2v) is 13.7. The van der Waals surface area contributed by atoms with Gasteiger partial charge in [0.1, 0.15) is 13.5 Å². The van der Waals surface area contributed by atoms with Crippen LogP contribution in [0.5, 0.6) is 0 Å². The van der Waals surface area contributed by atoms with Gasteiger partial charge in [0.15, 0.2) is 5.13 Å². The number of likely N-dealkylation sites (tertiary alicyclic amines) is 1. The van der Waals surface area contributed by atoms with Crippen molar-refractivity contribution in [2.75, 3.05) is 25.0 Å². The standard InChI is InChI=1S/C18H26N4O2SSi/c1-26(2,3)17-12-19-16(24-17)8-7-14-11-20-18(25-14)21-15(23)13-22-9-5-4-6-10-22/h7-8,11-12H,4-6,9-10,13H2,1-3H3,(H,20,21,23)/b8-7+. The van der Waals surface area contributed by atoms with E-state index in [0.717, 1.165) is 23.4 Å². The fourth-order valence-corrected chi connectivity index (χ4v) is 4.36. The molecule has 140 valence electrons. The largest absolute Gasteiger partial charge is 0.447 e. The van der Waals surface area contributed by atoms with Crippen molar-refractivity contribution >= 4 is 48.0 Å². The molecule has 0 atom stereocenters. The summed E-state index contributed by atoms with van der Waals surface area (Å²) in [5, 5.41) is 4.51. The molecule has 0 spiro atoms. The van der Waals surface area contributed by atoms with E-state index >= 15 is 0 Å². The normalized spacial score (nSPS) is 16.3. The van der Waals surface area contributed by atoms with Crippen LogP contribution < -0.4 is 10.7 Å². The summed E-state index contributed by atoms with van der Waals surface area (Å²) in [5.74, 6) is 0.607. The molecule has 2 aromatic rings. The van der Waals surface area contributed by atoms with Gasteiger partial charge in [0.2, 0.25) is 11.8 Å². The zero-order valence-electron chi connectivity index (χ0n) is 15.6. The molecule has 26 heavy (non-hydrogen) atoms. The number of anilines is 1. The van der Waals surface area contributed by atoms with Gasteiger partial charge < -0.3 is 9.73 Å². The number of thiazole rings is 1. The molecular weight excluding hydrogens is 364 g/mol. The number of rotatable bonds is 6. The minimum atomic E-state index is -1.48. The van der Waals surface area contributed by atoms with E-state index in [0.29, 0.717) is 17.6 Å². The number of carbonyl (C=O) groups is 1. The number of nitrogens with zero attached hydrogens (tertiary/aromatic N) is 3. The number of hydrogen-bond donors (Lipinski definition) is 1. The molecule has 0 aromatic carbocycles. The summed E-state index contributed by atoms with van der Waals surface area (Å²) in [4.78, 5) is 23.9. The van der Waals surface area contributed by atoms with Gasteiger partial charge in [-0.25, -0.2) is 9.97 Å². The van der Waals surface area contributed by atoms with E-state index in [2.05, 4.69) is 39.8 Å². The molecule has 1 aliphatic heterocycles. The highest BCUT2D eigenvalue weighted by Crippen LogP contribution is 2.20. The number of oxazole rings is 1. The van der Waals surface area contributed by atoms with Crippen molar-refractivity contribution in [3.63, 3.8) is 0 Å². The van der Waals surface area contributed by atoms with Gasteiger partial charge in [-0.3, -0.25) is 9.69 Å². The van der Waals surface area contributed by atoms with Crippen molar-refractivity contribution in [1.82, 2.24) is 14.9 Å². The Morgan fingerprint density at radius 2 is 2.00 bits per heavy atom. The average Bonchev–Trinajstić information content (AvgIpc) is 3.22. The van der Waals surface area contributed by atoms with Crippen LogP contribution in [-0.2, 0) is 4.79 Å². The van der Waals surface area contributed by atoms with Crippen molar-refractivity contribution in [3.8, 4) is 0 Å². The molecule has 1 amide bonds. The van der Waals surface area contributed by atoms with Gasteiger partial charge in [0.25, 0.3) is 0 Å². The Morgan fingerprint density at radius 1 is 1.23 bits per heavy atom. The third-order valence-electron chi connectivity index (χ3n) is 4.24. The Labute approximate surface area is 159 Å². The lowest BCUT2D eigenvalue weighted by atomic mass is 10.1. The highest BCUT2D eigenvalue weighted by atomic mass is 32.1. The lowest BCUT2D eigenvalue weighted by Crippen LogP contribution is -2.36. The second kappa shape index (κ2) is 8.28. The summed E-state index contributed by atoms with van der Waals surface area (Å²) in [6.45, 7) is 9.14. The Bertz CT molecular complexity index is 772. The van der Waals surface area contributed by atoms with E-state index in [1.54, 1.807) is 6.20 Å². The lowest BCUT2D eigenvalue weighted by molar-refractivity contribution is -0.117. The van der Waals surface area contributed by atoms with Crippen LogP contribution in [0.4, 0.5) is 5.13 Å².